The van der Waals surface area contributed by atoms with Crippen molar-refractivity contribution >= 4 is 12.4 Å². The smallest absolute Gasteiger partial charge is 0.370 e. The second kappa shape index (κ2) is 6.48. The number of nitrogens with one attached hydrogen (secondary N) is 1. The predicted molar refractivity (Wildman–Crippen MR) is 60.7 cm³/mol. The van der Waals surface area contributed by atoms with E-state index >= 15 is 0 Å². The van der Waals surface area contributed by atoms with E-state index in [2.05, 4.69) is 5.32 Å². The highest BCUT2D eigenvalue weighted by molar-refractivity contribution is 5.84. The van der Waals surface area contributed by atoms with E-state index in [4.69, 9.17) is 20.7 Å². The normalized spacial score (nSPS) is 29.7. The molecule has 0 saturated heterocycles. The van der Waals surface area contributed by atoms with Crippen LogP contribution in [0.25, 0.3) is 0 Å². The van der Waals surface area contributed by atoms with Crippen LogP contribution in [0.4, 0.5) is 0 Å². The van der Waals surface area contributed by atoms with Crippen LogP contribution in [-0.2, 0) is 14.3 Å². The number of nitrogens with two attached hydrogens (primary N) is 1. The van der Waals surface area contributed by atoms with Crippen molar-refractivity contribution in [1.82, 2.24) is 5.32 Å². The maximum Gasteiger partial charge on any atom is 0.370 e. The van der Waals surface area contributed by atoms with E-state index in [0.717, 1.165) is 6.08 Å². The Bertz CT molecular complexity index is 373. The molecule has 0 aromatic carbocycles. The topological polar surface area (TPSA) is 162 Å². The van der Waals surface area contributed by atoms with Crippen molar-refractivity contribution in [3.63, 3.8) is 0 Å². The van der Waals surface area contributed by atoms with Gasteiger partial charge in [0.25, 0.3) is 0 Å². The van der Waals surface area contributed by atoms with Crippen LogP contribution in [0, 0.1) is 0 Å². The standard InChI is InChI=1S/C10H16N2O7/c11-4-1-6(10(17)18)19-9(7(4)12-3-14)8(16)5(15)2-13/h1,3-5,7-9,13,15-16H,2,11H2,(H,12,14)(H,17,18)/t4-,5+,7+,8+,9+/m0/s1. The van der Waals surface area contributed by atoms with Crippen LogP contribution >= 0.6 is 0 Å². The van der Waals surface area contributed by atoms with Gasteiger partial charge in [-0.15, -0.1) is 0 Å². The number of carboxylic acids is 1. The molecule has 9 nitrogen and oxygen atoms in total. The van der Waals surface area contributed by atoms with Crippen molar-refractivity contribution in [2.24, 2.45) is 5.73 Å². The fourth-order valence-corrected chi connectivity index (χ4v) is 1.77. The first-order chi connectivity index (χ1) is 8.92. The van der Waals surface area contributed by atoms with Gasteiger partial charge >= 0.3 is 5.97 Å². The summed E-state index contributed by atoms with van der Waals surface area (Å²) in [5.74, 6) is -1.89. The molecule has 1 rings (SSSR count). The Morgan fingerprint density at radius 3 is 2.68 bits per heavy atom. The van der Waals surface area contributed by atoms with Gasteiger partial charge in [0.05, 0.1) is 18.7 Å². The number of hydrogen-bond donors (Lipinski definition) is 6. The Balaban J connectivity index is 2.99. The van der Waals surface area contributed by atoms with E-state index < -0.39 is 48.7 Å². The van der Waals surface area contributed by atoms with Crippen LogP contribution in [0.2, 0.25) is 0 Å². The maximum atomic E-state index is 10.8. The van der Waals surface area contributed by atoms with Gasteiger partial charge in [-0.2, -0.15) is 0 Å². The van der Waals surface area contributed by atoms with Crippen molar-refractivity contribution < 1.29 is 34.8 Å². The van der Waals surface area contributed by atoms with Crippen LogP contribution in [-0.4, -0.2) is 69.8 Å². The van der Waals surface area contributed by atoms with Gasteiger partial charge < -0.3 is 36.2 Å². The number of aliphatic hydroxyl groups is 3. The lowest BCUT2D eigenvalue weighted by molar-refractivity contribution is -0.145. The molecule has 1 aliphatic heterocycles. The summed E-state index contributed by atoms with van der Waals surface area (Å²) in [5, 5.41) is 39.1. The van der Waals surface area contributed by atoms with Gasteiger partial charge in [0, 0.05) is 0 Å². The first kappa shape index (κ1) is 15.4. The summed E-state index contributed by atoms with van der Waals surface area (Å²) in [5.41, 5.74) is 5.67. The summed E-state index contributed by atoms with van der Waals surface area (Å²) in [6.45, 7) is -0.754. The molecule has 1 amide bonds. The third-order valence-corrected chi connectivity index (χ3v) is 2.76. The molecule has 0 saturated carbocycles. The number of carbonyl (C=O) groups is 2. The highest BCUT2D eigenvalue weighted by Crippen LogP contribution is 2.21. The van der Waals surface area contributed by atoms with E-state index in [0.29, 0.717) is 6.41 Å². The lowest BCUT2D eigenvalue weighted by atomic mass is 9.93. The average Bonchev–Trinajstić information content (AvgIpc) is 2.38. The number of aliphatic carboxylic acids is 1. The van der Waals surface area contributed by atoms with Crippen molar-refractivity contribution in [3.8, 4) is 0 Å². The van der Waals surface area contributed by atoms with E-state index in [9.17, 15) is 19.8 Å². The van der Waals surface area contributed by atoms with Crippen LogP contribution < -0.4 is 11.1 Å². The van der Waals surface area contributed by atoms with Gasteiger partial charge in [-0.05, 0) is 6.08 Å². The van der Waals surface area contributed by atoms with Gasteiger partial charge in [0.1, 0.15) is 18.3 Å². The molecule has 0 fully saturated rings. The van der Waals surface area contributed by atoms with Gasteiger partial charge in [-0.25, -0.2) is 4.79 Å². The zero-order chi connectivity index (χ0) is 14.6. The van der Waals surface area contributed by atoms with Gasteiger partial charge in [-0.3, -0.25) is 4.79 Å². The lowest BCUT2D eigenvalue weighted by Gasteiger charge is -2.37. The molecule has 1 aliphatic rings. The first-order valence-corrected chi connectivity index (χ1v) is 5.46. The molecule has 0 aromatic rings. The average molecular weight is 276 g/mol. The summed E-state index contributed by atoms with van der Waals surface area (Å²) < 4.78 is 5.01. The number of carboxylic acid groups (broad SMARTS) is 1. The van der Waals surface area contributed by atoms with Crippen LogP contribution in [0.5, 0.6) is 0 Å². The monoisotopic (exact) mass is 276 g/mol. The highest BCUT2D eigenvalue weighted by atomic mass is 16.5. The number of hydrogen-bond acceptors (Lipinski definition) is 7. The third kappa shape index (κ3) is 3.41. The largest absolute Gasteiger partial charge is 0.478 e. The molecule has 7 N–H and O–H groups in total. The Kier molecular flexibility index (Phi) is 5.24. The summed E-state index contributed by atoms with van der Waals surface area (Å²) >= 11 is 0. The Hall–Kier alpha value is -1.68. The second-order valence-electron chi connectivity index (χ2n) is 4.05. The van der Waals surface area contributed by atoms with Crippen LogP contribution in [0.15, 0.2) is 11.8 Å². The molecule has 9 heteroatoms. The quantitative estimate of drug-likeness (QED) is 0.272. The molecule has 0 aliphatic carbocycles. The fourth-order valence-electron chi connectivity index (χ4n) is 1.77. The van der Waals surface area contributed by atoms with Crippen molar-refractivity contribution in [2.45, 2.75) is 30.4 Å². The maximum absolute atomic E-state index is 10.8. The summed E-state index contributed by atoms with van der Waals surface area (Å²) in [4.78, 5) is 21.3. The molecule has 0 spiro atoms. The molecule has 0 aromatic heterocycles. The molecule has 19 heavy (non-hydrogen) atoms. The first-order valence-electron chi connectivity index (χ1n) is 5.46. The third-order valence-electron chi connectivity index (χ3n) is 2.76. The van der Waals surface area contributed by atoms with Crippen molar-refractivity contribution in [2.75, 3.05) is 6.61 Å². The molecule has 0 unspecified atom stereocenters. The number of carbonyl (C=O) groups excluding carboxylic acids is 1. The van der Waals surface area contributed by atoms with E-state index in [1.807, 2.05) is 0 Å². The second-order valence-corrected chi connectivity index (χ2v) is 4.05. The minimum absolute atomic E-state index is 0.318. The van der Waals surface area contributed by atoms with E-state index in [1.165, 1.54) is 0 Å². The van der Waals surface area contributed by atoms with Gasteiger partial charge in [-0.1, -0.05) is 0 Å². The van der Waals surface area contributed by atoms with Gasteiger partial charge in [0.2, 0.25) is 12.2 Å². The minimum atomic E-state index is -1.61. The summed E-state index contributed by atoms with van der Waals surface area (Å²) in [7, 11) is 0. The number of ether oxygens (including phenoxy) is 1. The molecule has 0 radical (unpaired) electrons. The number of rotatable bonds is 6. The van der Waals surface area contributed by atoms with Crippen molar-refractivity contribution in [3.05, 3.63) is 11.8 Å². The summed E-state index contributed by atoms with van der Waals surface area (Å²) in [6, 6.07) is -1.85. The SMILES string of the molecule is N[C@H]1C=C(C(=O)O)O[C@@H]([C@H](O)[C@H](O)CO)[C@@H]1NC=O. The fraction of sp³-hybridized carbons (Fsp3) is 0.600. The molecule has 108 valence electrons. The van der Waals surface area contributed by atoms with Crippen molar-refractivity contribution in [1.29, 1.82) is 0 Å². The Morgan fingerprint density at radius 2 is 2.21 bits per heavy atom. The summed E-state index contributed by atoms with van der Waals surface area (Å²) in [6.07, 6.45) is -3.06. The molecule has 5 atom stereocenters. The lowest BCUT2D eigenvalue weighted by Crippen LogP contribution is -2.61. The zero-order valence-corrected chi connectivity index (χ0v) is 9.84. The Labute approximate surface area is 108 Å². The van der Waals surface area contributed by atoms with Crippen LogP contribution in [0.1, 0.15) is 0 Å². The molecule has 0 bridgehead atoms. The number of aliphatic hydroxyl groups excluding tert-OH is 3. The molecular formula is C10H16N2O7. The minimum Gasteiger partial charge on any atom is -0.478 e. The highest BCUT2D eigenvalue weighted by Gasteiger charge is 2.41. The van der Waals surface area contributed by atoms with E-state index in [1.54, 1.807) is 0 Å². The molecular weight excluding hydrogens is 260 g/mol. The van der Waals surface area contributed by atoms with Gasteiger partial charge in [0.15, 0.2) is 0 Å². The van der Waals surface area contributed by atoms with E-state index in [-0.39, 0.29) is 0 Å². The zero-order valence-electron chi connectivity index (χ0n) is 9.84. The predicted octanol–water partition coefficient (Wildman–Crippen LogP) is -3.49. The van der Waals surface area contributed by atoms with Crippen LogP contribution in [0.3, 0.4) is 0 Å². The number of amides is 1. The Morgan fingerprint density at radius 1 is 1.58 bits per heavy atom. The molecule has 1 heterocycles.